The zero-order valence-electron chi connectivity index (χ0n) is 11.8. The van der Waals surface area contributed by atoms with Gasteiger partial charge in [-0.1, -0.05) is 0 Å². The smallest absolute Gasteiger partial charge is 0.414 e. The third-order valence-corrected chi connectivity index (χ3v) is 2.54. The Kier molecular flexibility index (Phi) is 15.1. The van der Waals surface area contributed by atoms with E-state index in [2.05, 4.69) is 5.32 Å². The van der Waals surface area contributed by atoms with Gasteiger partial charge in [0.15, 0.2) is 0 Å². The highest BCUT2D eigenvalue weighted by molar-refractivity contribution is 6.27. The number of piperidine rings is 1. The van der Waals surface area contributed by atoms with Crippen LogP contribution in [0.5, 0.6) is 0 Å². The number of hydrogen-bond donors (Lipinski definition) is 6. The number of aliphatic hydroxyl groups is 1. The molecule has 0 atom stereocenters. The Morgan fingerprint density at radius 1 is 1.05 bits per heavy atom. The molecule has 1 rings (SSSR count). The van der Waals surface area contributed by atoms with E-state index in [1.54, 1.807) is 0 Å². The molecule has 0 saturated carbocycles. The van der Waals surface area contributed by atoms with Gasteiger partial charge in [-0.15, -0.1) is 0 Å². The van der Waals surface area contributed by atoms with E-state index in [1.165, 1.54) is 12.8 Å². The topological polar surface area (TPSA) is 170 Å². The zero-order chi connectivity index (χ0) is 16.7. The molecule has 1 aliphatic heterocycles. The summed E-state index contributed by atoms with van der Waals surface area (Å²) in [6.07, 6.45) is 3.57. The molecule has 9 nitrogen and oxygen atoms in total. The van der Waals surface area contributed by atoms with Crippen molar-refractivity contribution in [1.82, 2.24) is 5.32 Å². The highest BCUT2D eigenvalue weighted by Gasteiger charge is 2.10. The molecule has 0 bridgehead atoms. The van der Waals surface area contributed by atoms with Gasteiger partial charge in [-0.25, -0.2) is 9.59 Å². The average molecular weight is 308 g/mol. The highest BCUT2D eigenvalue weighted by atomic mass is 16.4. The van der Waals surface area contributed by atoms with E-state index in [0.29, 0.717) is 6.61 Å². The maximum Gasteiger partial charge on any atom is 0.414 e. The Bertz CT molecular complexity index is 289. The molecular weight excluding hydrogens is 284 g/mol. The van der Waals surface area contributed by atoms with Gasteiger partial charge in [0.05, 0.1) is 6.42 Å². The normalized spacial score (nSPS) is 14.0. The van der Waals surface area contributed by atoms with Crippen LogP contribution in [0.4, 0.5) is 0 Å². The monoisotopic (exact) mass is 308 g/mol. The van der Waals surface area contributed by atoms with Crippen molar-refractivity contribution in [1.29, 1.82) is 0 Å². The molecule has 1 aliphatic rings. The second kappa shape index (κ2) is 14.7. The van der Waals surface area contributed by atoms with Gasteiger partial charge >= 0.3 is 17.9 Å². The van der Waals surface area contributed by atoms with E-state index < -0.39 is 17.9 Å². The molecule has 0 spiro atoms. The van der Waals surface area contributed by atoms with Crippen molar-refractivity contribution in [3.05, 3.63) is 0 Å². The number of carboxylic acid groups (broad SMARTS) is 3. The lowest BCUT2D eigenvalue weighted by molar-refractivity contribution is -0.159. The van der Waals surface area contributed by atoms with Crippen LogP contribution in [-0.2, 0) is 14.4 Å². The van der Waals surface area contributed by atoms with Crippen LogP contribution in [0.15, 0.2) is 0 Å². The summed E-state index contributed by atoms with van der Waals surface area (Å²) >= 11 is 0. The van der Waals surface area contributed by atoms with E-state index in [0.717, 1.165) is 25.4 Å². The summed E-state index contributed by atoms with van der Waals surface area (Å²) in [7, 11) is 0. The number of aliphatic carboxylic acids is 3. The van der Waals surface area contributed by atoms with E-state index in [1.807, 2.05) is 0 Å². The number of hydrogen-bond acceptors (Lipinski definition) is 6. The molecule has 1 fully saturated rings. The number of aliphatic hydroxyl groups excluding tert-OH is 1. The fourth-order valence-corrected chi connectivity index (χ4v) is 1.48. The molecule has 124 valence electrons. The lowest BCUT2D eigenvalue weighted by Gasteiger charge is -2.21. The lowest BCUT2D eigenvalue weighted by atomic mass is 9.95. The minimum absolute atomic E-state index is 0.0694. The second-order valence-corrected chi connectivity index (χ2v) is 4.25. The summed E-state index contributed by atoms with van der Waals surface area (Å²) in [5.74, 6) is -3.70. The van der Waals surface area contributed by atoms with Crippen molar-refractivity contribution in [2.45, 2.75) is 25.7 Å². The van der Waals surface area contributed by atoms with Crippen molar-refractivity contribution in [2.24, 2.45) is 11.7 Å². The first-order valence-electron chi connectivity index (χ1n) is 6.54. The summed E-state index contributed by atoms with van der Waals surface area (Å²) < 4.78 is 0. The van der Waals surface area contributed by atoms with Crippen LogP contribution in [0.2, 0.25) is 0 Å². The minimum Gasteiger partial charge on any atom is -0.481 e. The fraction of sp³-hybridized carbons (Fsp3) is 0.750. The van der Waals surface area contributed by atoms with Gasteiger partial charge in [0, 0.05) is 13.2 Å². The summed E-state index contributed by atoms with van der Waals surface area (Å²) in [5.41, 5.74) is 4.85. The number of nitrogens with one attached hydrogen (secondary N) is 1. The maximum atomic E-state index is 9.52. The first-order chi connectivity index (χ1) is 9.84. The summed E-state index contributed by atoms with van der Waals surface area (Å²) in [4.78, 5) is 27.7. The van der Waals surface area contributed by atoms with Gasteiger partial charge in [0.2, 0.25) is 0 Å². The fourth-order valence-electron chi connectivity index (χ4n) is 1.48. The van der Waals surface area contributed by atoms with Crippen LogP contribution in [0.25, 0.3) is 0 Å². The largest absolute Gasteiger partial charge is 0.481 e. The Hall–Kier alpha value is -1.71. The second-order valence-electron chi connectivity index (χ2n) is 4.25. The zero-order valence-corrected chi connectivity index (χ0v) is 11.8. The third kappa shape index (κ3) is 18.3. The van der Waals surface area contributed by atoms with Gasteiger partial charge in [-0.05, 0) is 38.3 Å². The van der Waals surface area contributed by atoms with Crippen molar-refractivity contribution in [2.75, 3.05) is 26.2 Å². The number of carbonyl (C=O) groups is 3. The summed E-state index contributed by atoms with van der Waals surface area (Å²) in [5, 5.41) is 34.5. The van der Waals surface area contributed by atoms with E-state index >= 15 is 0 Å². The Morgan fingerprint density at radius 2 is 1.52 bits per heavy atom. The molecule has 7 N–H and O–H groups in total. The average Bonchev–Trinajstić information content (AvgIpc) is 2.41. The van der Waals surface area contributed by atoms with Gasteiger partial charge in [-0.2, -0.15) is 0 Å². The molecular formula is C12H24N2O7. The number of carboxylic acids is 3. The van der Waals surface area contributed by atoms with Crippen molar-refractivity contribution >= 4 is 17.9 Å². The number of rotatable bonds is 4. The Labute approximate surface area is 122 Å². The number of nitrogens with two attached hydrogens (primary N) is 1. The minimum atomic E-state index is -1.82. The first-order valence-corrected chi connectivity index (χ1v) is 6.54. The predicted molar refractivity (Wildman–Crippen MR) is 73.9 cm³/mol. The molecule has 0 aliphatic carbocycles. The molecule has 0 aromatic heterocycles. The Morgan fingerprint density at radius 3 is 1.76 bits per heavy atom. The summed E-state index contributed by atoms with van der Waals surface area (Å²) in [6, 6.07) is 0. The Balaban J connectivity index is 0. The quantitative estimate of drug-likeness (QED) is 0.354. The van der Waals surface area contributed by atoms with Gasteiger partial charge in [0.25, 0.3) is 0 Å². The summed E-state index contributed by atoms with van der Waals surface area (Å²) in [6.45, 7) is 2.88. The molecule has 0 radical (unpaired) electrons. The SMILES string of the molecule is NCCC(=O)O.O=C(O)C(=O)O.OCCC1CCNCC1. The molecule has 0 amide bonds. The van der Waals surface area contributed by atoms with Crippen LogP contribution < -0.4 is 11.1 Å². The van der Waals surface area contributed by atoms with Crippen LogP contribution in [0.3, 0.4) is 0 Å². The highest BCUT2D eigenvalue weighted by Crippen LogP contribution is 2.14. The van der Waals surface area contributed by atoms with Crippen molar-refractivity contribution in [3.63, 3.8) is 0 Å². The van der Waals surface area contributed by atoms with Crippen LogP contribution in [0.1, 0.15) is 25.7 Å². The molecule has 9 heteroatoms. The van der Waals surface area contributed by atoms with Crippen LogP contribution in [-0.4, -0.2) is 64.6 Å². The maximum absolute atomic E-state index is 9.52. The lowest BCUT2D eigenvalue weighted by Crippen LogP contribution is -2.28. The standard InChI is InChI=1S/C7H15NO.C3H7NO2.C2H2O4/c9-6-3-7-1-4-8-5-2-7;4-2-1-3(5)6;3-1(4)2(5)6/h7-9H,1-6H2;1-2,4H2,(H,5,6);(H,3,4)(H,5,6). The van der Waals surface area contributed by atoms with Gasteiger partial charge in [0.1, 0.15) is 0 Å². The first kappa shape index (κ1) is 21.6. The third-order valence-electron chi connectivity index (χ3n) is 2.54. The van der Waals surface area contributed by atoms with E-state index in [-0.39, 0.29) is 13.0 Å². The predicted octanol–water partition coefficient (Wildman–Crippen LogP) is -1.06. The van der Waals surface area contributed by atoms with Crippen molar-refractivity contribution < 1.29 is 34.8 Å². The van der Waals surface area contributed by atoms with Crippen molar-refractivity contribution in [3.8, 4) is 0 Å². The molecule has 21 heavy (non-hydrogen) atoms. The van der Waals surface area contributed by atoms with Gasteiger partial charge < -0.3 is 31.5 Å². The van der Waals surface area contributed by atoms with Gasteiger partial charge in [-0.3, -0.25) is 4.79 Å². The molecule has 1 heterocycles. The van der Waals surface area contributed by atoms with E-state index in [9.17, 15) is 4.79 Å². The van der Waals surface area contributed by atoms with E-state index in [4.69, 9.17) is 35.7 Å². The molecule has 0 aromatic rings. The molecule has 1 saturated heterocycles. The molecule has 0 aromatic carbocycles. The van der Waals surface area contributed by atoms with Crippen LogP contribution >= 0.6 is 0 Å². The molecule has 0 unspecified atom stereocenters. The van der Waals surface area contributed by atoms with Crippen LogP contribution in [0, 0.1) is 5.92 Å².